The van der Waals surface area contributed by atoms with Gasteiger partial charge >= 0.3 is 0 Å². The standard InChI is InChI=1S/C31H36F2N8O4S/c1-20-6-12-23(13-7-20)46(43,44)34-19-28(42)36-22-10-8-21(9-11-22)35-26-18-27(39-31(38-26)40-14-16-45-17-15-40)41-25-5-3-2-4-24(25)37-30(41)29(32)33/h2-7,12-13,18,21-22,29,34H,8-11,14-17,19H2,1H3,(H,36,42)(H,35,38,39). The predicted octanol–water partition coefficient (Wildman–Crippen LogP) is 3.72. The number of hydrogen-bond donors (Lipinski definition) is 3. The number of anilines is 2. The zero-order chi connectivity index (χ0) is 32.3. The summed E-state index contributed by atoms with van der Waals surface area (Å²) in [4.78, 5) is 28.3. The Morgan fingerprint density at radius 1 is 0.978 bits per heavy atom. The molecule has 1 amide bonds. The highest BCUT2D eigenvalue weighted by atomic mass is 32.2. The second kappa shape index (κ2) is 13.6. The minimum atomic E-state index is -3.80. The highest BCUT2D eigenvalue weighted by molar-refractivity contribution is 7.89. The van der Waals surface area contributed by atoms with Gasteiger partial charge in [-0.3, -0.25) is 9.36 Å². The third-order valence-electron chi connectivity index (χ3n) is 8.20. The number of imidazole rings is 1. The topological polar surface area (TPSA) is 143 Å². The van der Waals surface area contributed by atoms with E-state index in [1.807, 2.05) is 11.8 Å². The van der Waals surface area contributed by atoms with Gasteiger partial charge in [0.15, 0.2) is 5.82 Å². The average molecular weight is 655 g/mol. The first-order valence-corrected chi connectivity index (χ1v) is 16.7. The molecule has 244 valence electrons. The Balaban J connectivity index is 1.13. The van der Waals surface area contributed by atoms with Crippen LogP contribution in [-0.4, -0.2) is 78.8 Å². The van der Waals surface area contributed by atoms with Crippen LogP contribution >= 0.6 is 0 Å². The summed E-state index contributed by atoms with van der Waals surface area (Å²) in [5.74, 6) is 0.413. The van der Waals surface area contributed by atoms with Crippen molar-refractivity contribution in [2.24, 2.45) is 0 Å². The van der Waals surface area contributed by atoms with Gasteiger partial charge in [-0.05, 0) is 56.9 Å². The number of carbonyl (C=O) groups is 1. The zero-order valence-electron chi connectivity index (χ0n) is 25.3. The lowest BCUT2D eigenvalue weighted by atomic mass is 9.91. The number of morpholine rings is 1. The minimum Gasteiger partial charge on any atom is -0.378 e. The molecule has 1 saturated heterocycles. The Kier molecular flexibility index (Phi) is 9.42. The summed E-state index contributed by atoms with van der Waals surface area (Å²) >= 11 is 0. The SMILES string of the molecule is Cc1ccc(S(=O)(=O)NCC(=O)NC2CCC(Nc3cc(-n4c(C(F)F)nc5ccccc54)nc(N4CCOCC4)n3)CC2)cc1. The first-order valence-electron chi connectivity index (χ1n) is 15.3. The van der Waals surface area contributed by atoms with Crippen molar-refractivity contribution in [3.63, 3.8) is 0 Å². The highest BCUT2D eigenvalue weighted by Gasteiger charge is 2.26. The third kappa shape index (κ3) is 7.26. The summed E-state index contributed by atoms with van der Waals surface area (Å²) in [7, 11) is -3.80. The quantitative estimate of drug-likeness (QED) is 0.233. The lowest BCUT2D eigenvalue weighted by molar-refractivity contribution is -0.120. The van der Waals surface area contributed by atoms with Gasteiger partial charge in [0.1, 0.15) is 11.6 Å². The summed E-state index contributed by atoms with van der Waals surface area (Å²) in [6.07, 6.45) is -0.0480. The molecule has 1 aliphatic carbocycles. The Labute approximate surface area is 265 Å². The van der Waals surface area contributed by atoms with Gasteiger partial charge < -0.3 is 20.3 Å². The van der Waals surface area contributed by atoms with Crippen LogP contribution in [-0.2, 0) is 19.6 Å². The Morgan fingerprint density at radius 2 is 1.67 bits per heavy atom. The molecule has 3 heterocycles. The highest BCUT2D eigenvalue weighted by Crippen LogP contribution is 2.30. The van der Waals surface area contributed by atoms with Gasteiger partial charge in [-0.15, -0.1) is 0 Å². The monoisotopic (exact) mass is 654 g/mol. The molecule has 6 rings (SSSR count). The maximum Gasteiger partial charge on any atom is 0.296 e. The molecule has 3 N–H and O–H groups in total. The molecule has 0 bridgehead atoms. The largest absolute Gasteiger partial charge is 0.378 e. The van der Waals surface area contributed by atoms with E-state index in [4.69, 9.17) is 14.7 Å². The summed E-state index contributed by atoms with van der Waals surface area (Å²) in [6, 6.07) is 14.9. The fraction of sp³-hybridized carbons (Fsp3) is 0.419. The van der Waals surface area contributed by atoms with Crippen LogP contribution in [0.5, 0.6) is 0 Å². The minimum absolute atomic E-state index is 0.0163. The van der Waals surface area contributed by atoms with Gasteiger partial charge in [0.25, 0.3) is 6.43 Å². The Bertz CT molecular complexity index is 1790. The van der Waals surface area contributed by atoms with Crippen molar-refractivity contribution in [1.29, 1.82) is 0 Å². The van der Waals surface area contributed by atoms with E-state index in [1.165, 1.54) is 16.7 Å². The van der Waals surface area contributed by atoms with Crippen LogP contribution in [0.4, 0.5) is 20.5 Å². The van der Waals surface area contributed by atoms with E-state index in [-0.39, 0.29) is 29.3 Å². The normalized spacial score (nSPS) is 19.0. The van der Waals surface area contributed by atoms with E-state index < -0.39 is 28.2 Å². The molecule has 2 aliphatic rings. The van der Waals surface area contributed by atoms with Gasteiger partial charge in [0, 0.05) is 31.2 Å². The van der Waals surface area contributed by atoms with Crippen LogP contribution in [0, 0.1) is 6.92 Å². The number of aryl methyl sites for hydroxylation is 1. The van der Waals surface area contributed by atoms with E-state index in [0.29, 0.717) is 74.8 Å². The summed E-state index contributed by atoms with van der Waals surface area (Å²) in [6.45, 7) is 3.67. The summed E-state index contributed by atoms with van der Waals surface area (Å²) in [5, 5.41) is 6.40. The van der Waals surface area contributed by atoms with Crippen LogP contribution < -0.4 is 20.3 Å². The molecule has 12 nitrogen and oxygen atoms in total. The van der Waals surface area contributed by atoms with Crippen LogP contribution in [0.3, 0.4) is 0 Å². The molecular weight excluding hydrogens is 618 g/mol. The number of ether oxygens (including phenoxy) is 1. The number of carbonyl (C=O) groups excluding carboxylic acids is 1. The molecule has 15 heteroatoms. The number of fused-ring (bicyclic) bond motifs is 1. The second-order valence-electron chi connectivity index (χ2n) is 11.5. The molecule has 46 heavy (non-hydrogen) atoms. The van der Waals surface area contributed by atoms with E-state index in [0.717, 1.165) is 5.56 Å². The number of halogens is 2. The van der Waals surface area contributed by atoms with Crippen molar-refractivity contribution in [2.75, 3.05) is 43.1 Å². The first kappa shape index (κ1) is 31.8. The van der Waals surface area contributed by atoms with Crippen molar-refractivity contribution in [3.8, 4) is 5.82 Å². The number of nitrogens with one attached hydrogen (secondary N) is 3. The van der Waals surface area contributed by atoms with Gasteiger partial charge in [0.05, 0.1) is 35.7 Å². The molecule has 2 aromatic heterocycles. The van der Waals surface area contributed by atoms with Crippen molar-refractivity contribution < 1.29 is 26.7 Å². The number of aromatic nitrogens is 4. The van der Waals surface area contributed by atoms with Crippen molar-refractivity contribution in [2.45, 2.75) is 56.0 Å². The zero-order valence-corrected chi connectivity index (χ0v) is 26.1. The van der Waals surface area contributed by atoms with E-state index in [2.05, 4.69) is 20.3 Å². The molecule has 4 aromatic rings. The van der Waals surface area contributed by atoms with Crippen LogP contribution in [0.25, 0.3) is 16.9 Å². The molecule has 2 fully saturated rings. The molecular formula is C31H36F2N8O4S. The summed E-state index contributed by atoms with van der Waals surface area (Å²) < 4.78 is 62.7. The predicted molar refractivity (Wildman–Crippen MR) is 169 cm³/mol. The fourth-order valence-electron chi connectivity index (χ4n) is 5.78. The van der Waals surface area contributed by atoms with Gasteiger partial charge in [-0.25, -0.2) is 26.9 Å². The lowest BCUT2D eigenvalue weighted by Gasteiger charge is -2.31. The second-order valence-corrected chi connectivity index (χ2v) is 13.3. The molecule has 1 aliphatic heterocycles. The molecule has 0 radical (unpaired) electrons. The maximum absolute atomic E-state index is 14.2. The maximum atomic E-state index is 14.2. The Morgan fingerprint density at radius 3 is 2.39 bits per heavy atom. The van der Waals surface area contributed by atoms with Crippen LogP contribution in [0.1, 0.15) is 43.5 Å². The lowest BCUT2D eigenvalue weighted by Crippen LogP contribution is -2.44. The smallest absolute Gasteiger partial charge is 0.296 e. The number of sulfonamides is 1. The number of rotatable bonds is 10. The fourth-order valence-corrected chi connectivity index (χ4v) is 6.76. The van der Waals surface area contributed by atoms with Crippen LogP contribution in [0.15, 0.2) is 59.5 Å². The third-order valence-corrected chi connectivity index (χ3v) is 9.62. The number of amides is 1. The average Bonchev–Trinajstić information content (AvgIpc) is 3.46. The molecule has 0 spiro atoms. The van der Waals surface area contributed by atoms with Gasteiger partial charge in [-0.2, -0.15) is 9.97 Å². The molecule has 2 aromatic carbocycles. The van der Waals surface area contributed by atoms with Gasteiger partial charge in [-0.1, -0.05) is 29.8 Å². The number of alkyl halides is 2. The molecule has 0 unspecified atom stereocenters. The number of hydrogen-bond acceptors (Lipinski definition) is 9. The van der Waals surface area contributed by atoms with Crippen molar-refractivity contribution in [3.05, 3.63) is 66.0 Å². The number of nitrogens with zero attached hydrogens (tertiary/aromatic N) is 5. The van der Waals surface area contributed by atoms with Gasteiger partial charge in [0.2, 0.25) is 21.9 Å². The van der Waals surface area contributed by atoms with E-state index >= 15 is 0 Å². The molecule has 0 atom stereocenters. The first-order chi connectivity index (χ1) is 22.2. The Hall–Kier alpha value is -4.21. The number of benzene rings is 2. The molecule has 1 saturated carbocycles. The van der Waals surface area contributed by atoms with Crippen LogP contribution in [0.2, 0.25) is 0 Å². The van der Waals surface area contributed by atoms with Crippen molar-refractivity contribution in [1.82, 2.24) is 29.6 Å². The summed E-state index contributed by atoms with van der Waals surface area (Å²) in [5.41, 5.74) is 1.90. The van der Waals surface area contributed by atoms with E-state index in [9.17, 15) is 22.0 Å². The number of para-hydroxylation sites is 2. The van der Waals surface area contributed by atoms with Crippen molar-refractivity contribution >= 4 is 38.7 Å². The van der Waals surface area contributed by atoms with E-state index in [1.54, 1.807) is 42.5 Å².